The van der Waals surface area contributed by atoms with Crippen LogP contribution in [0, 0.1) is 5.82 Å². The average Bonchev–Trinajstić information content (AvgIpc) is 3.30. The zero-order valence-electron chi connectivity index (χ0n) is 18.1. The van der Waals surface area contributed by atoms with E-state index in [4.69, 9.17) is 14.2 Å². The third kappa shape index (κ3) is 4.51. The summed E-state index contributed by atoms with van der Waals surface area (Å²) in [4.78, 5) is 27.6. The van der Waals surface area contributed by atoms with Gasteiger partial charge < -0.3 is 24.4 Å². The predicted octanol–water partition coefficient (Wildman–Crippen LogP) is 3.38. The molecule has 0 aromatic heterocycles. The molecule has 8 heteroatoms. The van der Waals surface area contributed by atoms with Gasteiger partial charge in [0, 0.05) is 12.1 Å². The normalized spacial score (nSPS) is 22.6. The lowest BCUT2D eigenvalue weighted by atomic mass is 9.89. The number of hydrogen-bond donors (Lipinski definition) is 1. The molecule has 2 unspecified atom stereocenters. The van der Waals surface area contributed by atoms with E-state index >= 15 is 0 Å². The van der Waals surface area contributed by atoms with E-state index in [1.54, 1.807) is 23.1 Å². The second-order valence-corrected chi connectivity index (χ2v) is 8.44. The number of rotatable bonds is 5. The summed E-state index contributed by atoms with van der Waals surface area (Å²) in [7, 11) is 0. The summed E-state index contributed by atoms with van der Waals surface area (Å²) in [5.41, 5.74) is 1.15. The van der Waals surface area contributed by atoms with Crippen molar-refractivity contribution in [3.8, 4) is 11.5 Å². The summed E-state index contributed by atoms with van der Waals surface area (Å²) in [5, 5.41) is 2.88. The Bertz CT molecular complexity index is 1100. The van der Waals surface area contributed by atoms with Crippen molar-refractivity contribution in [3.63, 3.8) is 0 Å². The van der Waals surface area contributed by atoms with Crippen LogP contribution in [0.1, 0.15) is 36.8 Å². The van der Waals surface area contributed by atoms with Crippen LogP contribution in [0.15, 0.2) is 48.2 Å². The molecule has 1 N–H and O–H groups in total. The van der Waals surface area contributed by atoms with Crippen LogP contribution < -0.4 is 14.8 Å². The highest BCUT2D eigenvalue weighted by molar-refractivity contribution is 5.98. The van der Waals surface area contributed by atoms with Crippen LogP contribution in [-0.2, 0) is 20.9 Å². The van der Waals surface area contributed by atoms with Crippen molar-refractivity contribution in [2.45, 2.75) is 44.4 Å². The highest BCUT2D eigenvalue weighted by atomic mass is 19.1. The van der Waals surface area contributed by atoms with Gasteiger partial charge in [-0.3, -0.25) is 9.59 Å². The molecule has 2 aromatic carbocycles. The van der Waals surface area contributed by atoms with Crippen LogP contribution in [0.25, 0.3) is 6.08 Å². The molecule has 2 aromatic rings. The van der Waals surface area contributed by atoms with Gasteiger partial charge >= 0.3 is 0 Å². The number of amides is 2. The fraction of sp³-hybridized carbons (Fsp3) is 0.360. The van der Waals surface area contributed by atoms with Crippen LogP contribution in [0.4, 0.5) is 4.39 Å². The molecule has 2 fully saturated rings. The maximum absolute atomic E-state index is 14.2. The Morgan fingerprint density at radius 3 is 2.82 bits per heavy atom. The van der Waals surface area contributed by atoms with Crippen molar-refractivity contribution in [1.82, 2.24) is 10.2 Å². The Kier molecular flexibility index (Phi) is 5.90. The van der Waals surface area contributed by atoms with E-state index < -0.39 is 5.82 Å². The Morgan fingerprint density at radius 2 is 1.94 bits per heavy atom. The highest BCUT2D eigenvalue weighted by Gasteiger charge is 2.42. The molecule has 172 valence electrons. The minimum absolute atomic E-state index is 0.0758. The summed E-state index contributed by atoms with van der Waals surface area (Å²) in [6, 6.07) is 11.6. The lowest BCUT2D eigenvalue weighted by Gasteiger charge is -2.44. The predicted molar refractivity (Wildman–Crippen MR) is 118 cm³/mol. The fourth-order valence-electron chi connectivity index (χ4n) is 4.56. The van der Waals surface area contributed by atoms with Gasteiger partial charge in [0.2, 0.25) is 12.7 Å². The first-order valence-electron chi connectivity index (χ1n) is 11.2. The summed E-state index contributed by atoms with van der Waals surface area (Å²) < 4.78 is 30.8. The molecular weight excluding hydrogens is 427 g/mol. The van der Waals surface area contributed by atoms with Crippen molar-refractivity contribution in [2.75, 3.05) is 13.3 Å². The van der Waals surface area contributed by atoms with E-state index in [0.29, 0.717) is 18.0 Å². The Morgan fingerprint density at radius 1 is 1.12 bits per heavy atom. The molecule has 2 aliphatic heterocycles. The summed E-state index contributed by atoms with van der Waals surface area (Å²) >= 11 is 0. The van der Waals surface area contributed by atoms with Crippen LogP contribution in [0.3, 0.4) is 0 Å². The van der Waals surface area contributed by atoms with Crippen molar-refractivity contribution >= 4 is 17.9 Å². The molecule has 1 aliphatic carbocycles. The lowest BCUT2D eigenvalue weighted by Crippen LogP contribution is -2.57. The van der Waals surface area contributed by atoms with Gasteiger partial charge in [-0.25, -0.2) is 4.39 Å². The minimum atomic E-state index is -0.430. The number of ether oxygens (including phenoxy) is 3. The number of hydrogen-bond acceptors (Lipinski definition) is 5. The monoisotopic (exact) mass is 452 g/mol. The topological polar surface area (TPSA) is 77.1 Å². The number of carbonyl (C=O) groups is 2. The SMILES string of the molecule is O=C(CN1C(=O)/C(=C/c2ccccc2F)OC2CCCCC21)NCc1ccc2c(c1)OCO2. The van der Waals surface area contributed by atoms with Gasteiger partial charge in [-0.1, -0.05) is 30.7 Å². The standard InChI is InChI=1S/C25H25FN2O5/c26-18-6-2-1-5-17(18)12-23-25(30)28(19-7-3-4-8-20(19)33-23)14-24(29)27-13-16-9-10-21-22(11-16)32-15-31-21/h1-2,5-6,9-12,19-20H,3-4,7-8,13-15H2,(H,27,29)/b23-12-. The lowest BCUT2D eigenvalue weighted by molar-refractivity contribution is -0.151. The second-order valence-electron chi connectivity index (χ2n) is 8.44. The molecule has 3 aliphatic rings. The number of nitrogens with one attached hydrogen (secondary N) is 1. The van der Waals surface area contributed by atoms with Crippen LogP contribution >= 0.6 is 0 Å². The number of benzene rings is 2. The number of halogens is 1. The van der Waals surface area contributed by atoms with Crippen LogP contribution in [0.2, 0.25) is 0 Å². The zero-order valence-corrected chi connectivity index (χ0v) is 18.1. The van der Waals surface area contributed by atoms with Gasteiger partial charge in [-0.2, -0.15) is 0 Å². The van der Waals surface area contributed by atoms with E-state index in [1.165, 1.54) is 12.1 Å². The zero-order chi connectivity index (χ0) is 22.8. The molecule has 2 heterocycles. The van der Waals surface area contributed by atoms with E-state index in [0.717, 1.165) is 31.2 Å². The number of nitrogens with zero attached hydrogens (tertiary/aromatic N) is 1. The summed E-state index contributed by atoms with van der Waals surface area (Å²) in [5.74, 6) is 0.323. The van der Waals surface area contributed by atoms with E-state index in [-0.39, 0.29) is 48.6 Å². The van der Waals surface area contributed by atoms with Crippen LogP contribution in [-0.4, -0.2) is 42.2 Å². The van der Waals surface area contributed by atoms with Crippen LogP contribution in [0.5, 0.6) is 11.5 Å². The molecule has 0 radical (unpaired) electrons. The highest BCUT2D eigenvalue weighted by Crippen LogP contribution is 2.34. The first-order valence-corrected chi connectivity index (χ1v) is 11.2. The van der Waals surface area contributed by atoms with E-state index in [1.807, 2.05) is 18.2 Å². The van der Waals surface area contributed by atoms with E-state index in [2.05, 4.69) is 5.32 Å². The van der Waals surface area contributed by atoms with Gasteiger partial charge in [0.25, 0.3) is 5.91 Å². The average molecular weight is 452 g/mol. The summed E-state index contributed by atoms with van der Waals surface area (Å²) in [6.07, 6.45) is 4.77. The third-order valence-electron chi connectivity index (χ3n) is 6.25. The van der Waals surface area contributed by atoms with Gasteiger partial charge in [0.15, 0.2) is 17.3 Å². The maximum Gasteiger partial charge on any atom is 0.289 e. The Hall–Kier alpha value is -3.55. The van der Waals surface area contributed by atoms with Crippen molar-refractivity contribution in [2.24, 2.45) is 0 Å². The molecule has 0 spiro atoms. The molecule has 2 atom stereocenters. The van der Waals surface area contributed by atoms with Gasteiger partial charge in [0.05, 0.1) is 6.04 Å². The minimum Gasteiger partial charge on any atom is -0.482 e. The molecule has 0 bridgehead atoms. The quantitative estimate of drug-likeness (QED) is 0.704. The Labute approximate surface area is 191 Å². The van der Waals surface area contributed by atoms with Gasteiger partial charge in [0.1, 0.15) is 18.5 Å². The first-order chi connectivity index (χ1) is 16.1. The van der Waals surface area contributed by atoms with Crippen molar-refractivity contribution < 1.29 is 28.2 Å². The van der Waals surface area contributed by atoms with Gasteiger partial charge in [-0.05, 0) is 49.1 Å². The molecule has 1 saturated carbocycles. The molecule has 1 saturated heterocycles. The number of fused-ring (bicyclic) bond motifs is 2. The second kappa shape index (κ2) is 9.13. The summed E-state index contributed by atoms with van der Waals surface area (Å²) in [6.45, 7) is 0.415. The number of carbonyl (C=O) groups excluding carboxylic acids is 2. The van der Waals surface area contributed by atoms with E-state index in [9.17, 15) is 14.0 Å². The van der Waals surface area contributed by atoms with Crippen molar-refractivity contribution in [3.05, 3.63) is 65.2 Å². The Balaban J connectivity index is 1.30. The number of morpholine rings is 1. The largest absolute Gasteiger partial charge is 0.482 e. The smallest absolute Gasteiger partial charge is 0.289 e. The first kappa shape index (κ1) is 21.3. The molecule has 2 amide bonds. The maximum atomic E-state index is 14.2. The molecule has 5 rings (SSSR count). The molecular formula is C25H25FN2O5. The fourth-order valence-corrected chi connectivity index (χ4v) is 4.56. The van der Waals surface area contributed by atoms with Gasteiger partial charge in [-0.15, -0.1) is 0 Å². The third-order valence-corrected chi connectivity index (χ3v) is 6.25. The van der Waals surface area contributed by atoms with Crippen molar-refractivity contribution in [1.29, 1.82) is 0 Å². The molecule has 33 heavy (non-hydrogen) atoms. The molecule has 7 nitrogen and oxygen atoms in total.